The van der Waals surface area contributed by atoms with Crippen molar-refractivity contribution in [3.63, 3.8) is 0 Å². The van der Waals surface area contributed by atoms with Crippen molar-refractivity contribution in [3.05, 3.63) is 70.9 Å². The highest BCUT2D eigenvalue weighted by molar-refractivity contribution is 7.17. The van der Waals surface area contributed by atoms with E-state index in [9.17, 15) is 14.7 Å². The third kappa shape index (κ3) is 6.22. The lowest BCUT2D eigenvalue weighted by atomic mass is 10.1. The van der Waals surface area contributed by atoms with Gasteiger partial charge >= 0.3 is 11.9 Å². The Hall–Kier alpha value is -4.02. The lowest BCUT2D eigenvalue weighted by Crippen LogP contribution is -2.31. The second kappa shape index (κ2) is 11.8. The van der Waals surface area contributed by atoms with E-state index in [1.54, 1.807) is 44.4 Å². The molecule has 0 atom stereocenters. The van der Waals surface area contributed by atoms with E-state index in [2.05, 4.69) is 9.97 Å². The first-order valence-electron chi connectivity index (χ1n) is 11.6. The molecule has 9 nitrogen and oxygen atoms in total. The summed E-state index contributed by atoms with van der Waals surface area (Å²) in [6, 6.07) is 15.0. The second-order valence-electron chi connectivity index (χ2n) is 8.14. The van der Waals surface area contributed by atoms with Crippen LogP contribution < -0.4 is 9.47 Å². The molecule has 0 aliphatic heterocycles. The van der Waals surface area contributed by atoms with Crippen LogP contribution in [0.1, 0.15) is 27.9 Å². The molecule has 0 spiro atoms. The number of thiazole rings is 1. The molecular weight excluding hydrogens is 494 g/mol. The number of pyridine rings is 1. The number of aromatic carboxylic acids is 1. The monoisotopic (exact) mass is 521 g/mol. The van der Waals surface area contributed by atoms with Crippen LogP contribution >= 0.6 is 11.3 Å². The number of carbonyl (C=O) groups is 2. The van der Waals surface area contributed by atoms with Gasteiger partial charge in [-0.2, -0.15) is 0 Å². The van der Waals surface area contributed by atoms with E-state index in [1.165, 1.54) is 0 Å². The predicted octanol–water partition coefficient (Wildman–Crippen LogP) is 4.64. The van der Waals surface area contributed by atoms with Crippen molar-refractivity contribution in [2.45, 2.75) is 20.0 Å². The highest BCUT2D eigenvalue weighted by Crippen LogP contribution is 2.31. The molecule has 10 heteroatoms. The minimum Gasteiger partial charge on any atom is -0.497 e. The van der Waals surface area contributed by atoms with Crippen molar-refractivity contribution in [2.75, 3.05) is 27.4 Å². The molecule has 0 amide bonds. The van der Waals surface area contributed by atoms with Gasteiger partial charge in [0.05, 0.1) is 38.6 Å². The number of ether oxygens (including phenoxy) is 3. The maximum Gasteiger partial charge on any atom is 0.347 e. The zero-order chi connectivity index (χ0) is 26.4. The summed E-state index contributed by atoms with van der Waals surface area (Å²) in [5.41, 5.74) is 2.73. The summed E-state index contributed by atoms with van der Waals surface area (Å²) in [7, 11) is 3.13. The van der Waals surface area contributed by atoms with E-state index in [0.717, 1.165) is 33.4 Å². The third-order valence-electron chi connectivity index (χ3n) is 5.65. The molecule has 0 fully saturated rings. The highest BCUT2D eigenvalue weighted by atomic mass is 32.1. The minimum absolute atomic E-state index is 0.0491. The fourth-order valence-electron chi connectivity index (χ4n) is 3.93. The molecule has 0 aliphatic rings. The number of fused-ring (bicyclic) bond motifs is 1. The number of para-hydroxylation sites is 1. The molecule has 1 N–H and O–H groups in total. The van der Waals surface area contributed by atoms with E-state index in [4.69, 9.17) is 14.2 Å². The van der Waals surface area contributed by atoms with Crippen LogP contribution in [0.15, 0.2) is 54.7 Å². The predicted molar refractivity (Wildman–Crippen MR) is 140 cm³/mol. The Bertz CT molecular complexity index is 1420. The van der Waals surface area contributed by atoms with Gasteiger partial charge in [0.2, 0.25) is 0 Å². The lowest BCUT2D eigenvalue weighted by Gasteiger charge is -2.22. The molecular formula is C27H27N3O6S. The quantitative estimate of drug-likeness (QED) is 0.282. The van der Waals surface area contributed by atoms with Gasteiger partial charge in [0.1, 0.15) is 21.4 Å². The summed E-state index contributed by atoms with van der Waals surface area (Å²) < 4.78 is 15.9. The Kier molecular flexibility index (Phi) is 8.32. The van der Waals surface area contributed by atoms with Crippen molar-refractivity contribution in [1.29, 1.82) is 0 Å². The van der Waals surface area contributed by atoms with Gasteiger partial charge in [0.25, 0.3) is 0 Å². The van der Waals surface area contributed by atoms with Crippen molar-refractivity contribution in [3.8, 4) is 22.1 Å². The number of nitrogens with zero attached hydrogens (tertiary/aromatic N) is 3. The Morgan fingerprint density at radius 3 is 2.59 bits per heavy atom. The smallest absolute Gasteiger partial charge is 0.347 e. The Labute approximate surface area is 218 Å². The molecule has 0 unspecified atom stereocenters. The van der Waals surface area contributed by atoms with E-state index >= 15 is 0 Å². The minimum atomic E-state index is -1.08. The summed E-state index contributed by atoms with van der Waals surface area (Å²) in [5, 5.41) is 11.4. The average molecular weight is 522 g/mol. The molecule has 2 aromatic heterocycles. The molecule has 0 saturated carbocycles. The largest absolute Gasteiger partial charge is 0.497 e. The average Bonchev–Trinajstić information content (AvgIpc) is 3.32. The SMILES string of the molecule is CCOC(=O)CN(Cc1ccc(OC)cc1OC)Cc1nc(-c2cnc3ccccc3c2)sc1C(=O)O. The van der Waals surface area contributed by atoms with Crippen LogP contribution in [0.5, 0.6) is 11.5 Å². The molecule has 2 heterocycles. The van der Waals surface area contributed by atoms with E-state index in [0.29, 0.717) is 28.7 Å². The fraction of sp³-hybridized carbons (Fsp3) is 0.259. The topological polar surface area (TPSA) is 111 Å². The Balaban J connectivity index is 1.67. The maximum absolute atomic E-state index is 12.4. The van der Waals surface area contributed by atoms with Gasteiger partial charge in [-0.15, -0.1) is 11.3 Å². The summed E-state index contributed by atoms with van der Waals surface area (Å²) in [5.74, 6) is -0.265. The van der Waals surface area contributed by atoms with E-state index < -0.39 is 11.9 Å². The van der Waals surface area contributed by atoms with Crippen molar-refractivity contribution in [1.82, 2.24) is 14.9 Å². The van der Waals surface area contributed by atoms with Gasteiger partial charge < -0.3 is 19.3 Å². The van der Waals surface area contributed by atoms with Gasteiger partial charge in [0, 0.05) is 41.9 Å². The molecule has 192 valence electrons. The number of esters is 1. The molecule has 0 radical (unpaired) electrons. The van der Waals surface area contributed by atoms with Crippen LogP contribution in [0.3, 0.4) is 0 Å². The summed E-state index contributed by atoms with van der Waals surface area (Å²) in [4.78, 5) is 35.6. The van der Waals surface area contributed by atoms with Crippen LogP contribution in [-0.2, 0) is 22.6 Å². The number of aromatic nitrogens is 2. The van der Waals surface area contributed by atoms with Crippen molar-refractivity contribution >= 4 is 34.2 Å². The van der Waals surface area contributed by atoms with E-state index in [-0.39, 0.29) is 24.6 Å². The zero-order valence-corrected chi connectivity index (χ0v) is 21.6. The van der Waals surface area contributed by atoms with Gasteiger partial charge in [-0.3, -0.25) is 14.7 Å². The summed E-state index contributed by atoms with van der Waals surface area (Å²) >= 11 is 1.08. The molecule has 0 bridgehead atoms. The Morgan fingerprint density at radius 2 is 1.86 bits per heavy atom. The van der Waals surface area contributed by atoms with Crippen LogP contribution in [0.4, 0.5) is 0 Å². The van der Waals surface area contributed by atoms with Gasteiger partial charge in [-0.05, 0) is 25.1 Å². The Morgan fingerprint density at radius 1 is 1.05 bits per heavy atom. The number of hydrogen-bond acceptors (Lipinski definition) is 9. The number of hydrogen-bond donors (Lipinski definition) is 1. The van der Waals surface area contributed by atoms with Crippen LogP contribution in [0.2, 0.25) is 0 Å². The normalized spacial score (nSPS) is 11.0. The molecule has 37 heavy (non-hydrogen) atoms. The lowest BCUT2D eigenvalue weighted by molar-refractivity contribution is -0.144. The maximum atomic E-state index is 12.4. The summed E-state index contributed by atoms with van der Waals surface area (Å²) in [6.45, 7) is 2.35. The zero-order valence-electron chi connectivity index (χ0n) is 20.8. The molecule has 0 saturated heterocycles. The first-order valence-corrected chi connectivity index (χ1v) is 12.4. The highest BCUT2D eigenvalue weighted by Gasteiger charge is 2.23. The van der Waals surface area contributed by atoms with Crippen LogP contribution in [0.25, 0.3) is 21.5 Å². The first-order chi connectivity index (χ1) is 17.9. The second-order valence-corrected chi connectivity index (χ2v) is 9.14. The molecule has 2 aromatic carbocycles. The number of methoxy groups -OCH3 is 2. The van der Waals surface area contributed by atoms with Gasteiger partial charge in [0.15, 0.2) is 0 Å². The van der Waals surface area contributed by atoms with E-state index in [1.807, 2.05) is 36.4 Å². The van der Waals surface area contributed by atoms with Crippen LogP contribution in [0, 0.1) is 0 Å². The fourth-order valence-corrected chi connectivity index (χ4v) is 4.82. The van der Waals surface area contributed by atoms with Crippen molar-refractivity contribution < 1.29 is 28.9 Å². The first kappa shape index (κ1) is 26.1. The number of carboxylic acid groups (broad SMARTS) is 1. The number of carboxylic acids is 1. The molecule has 0 aliphatic carbocycles. The van der Waals surface area contributed by atoms with Gasteiger partial charge in [-0.1, -0.05) is 24.3 Å². The number of carbonyl (C=O) groups excluding carboxylic acids is 1. The third-order valence-corrected chi connectivity index (χ3v) is 6.78. The summed E-state index contributed by atoms with van der Waals surface area (Å²) in [6.07, 6.45) is 1.69. The molecule has 4 rings (SSSR count). The standard InChI is InChI=1S/C27H27N3O6S/c1-4-36-24(31)16-30(14-18-9-10-20(34-2)12-23(18)35-3)15-22-25(27(32)33)37-26(29-22)19-11-17-7-5-6-8-21(17)28-13-19/h5-13H,4,14-16H2,1-3H3,(H,32,33). The van der Waals surface area contributed by atoms with Crippen LogP contribution in [-0.4, -0.2) is 59.3 Å². The van der Waals surface area contributed by atoms with Crippen molar-refractivity contribution in [2.24, 2.45) is 0 Å². The number of rotatable bonds is 11. The van der Waals surface area contributed by atoms with Gasteiger partial charge in [-0.25, -0.2) is 9.78 Å². The number of benzene rings is 2. The molecule has 4 aromatic rings.